The fraction of sp³-hybridized carbons (Fsp3) is 0.462. The fourth-order valence-corrected chi connectivity index (χ4v) is 1.74. The minimum absolute atomic E-state index is 0.167. The van der Waals surface area contributed by atoms with Gasteiger partial charge in [-0.05, 0) is 11.6 Å². The van der Waals surface area contributed by atoms with Crippen LogP contribution in [0.2, 0.25) is 0 Å². The Kier molecular flexibility index (Phi) is 2.29. The summed E-state index contributed by atoms with van der Waals surface area (Å²) in [6.45, 7) is 6.54. The first kappa shape index (κ1) is 10.2. The average molecular weight is 204 g/mol. The Morgan fingerprint density at radius 3 is 2.73 bits per heavy atom. The SMILES string of the molecule is CC(C)(C)C(=O)c1ccc2c(c1)OCC2. The number of hydrogen-bond acceptors (Lipinski definition) is 2. The van der Waals surface area contributed by atoms with Crippen LogP contribution in [0.1, 0.15) is 36.7 Å². The lowest BCUT2D eigenvalue weighted by atomic mass is 9.86. The molecule has 0 saturated heterocycles. The summed E-state index contributed by atoms with van der Waals surface area (Å²) in [6.07, 6.45) is 0.958. The molecule has 0 spiro atoms. The van der Waals surface area contributed by atoms with E-state index in [0.29, 0.717) is 0 Å². The number of carbonyl (C=O) groups is 1. The van der Waals surface area contributed by atoms with Gasteiger partial charge in [0, 0.05) is 17.4 Å². The molecule has 2 heteroatoms. The van der Waals surface area contributed by atoms with Crippen LogP contribution in [0.3, 0.4) is 0 Å². The van der Waals surface area contributed by atoms with Crippen LogP contribution in [-0.2, 0) is 6.42 Å². The van der Waals surface area contributed by atoms with Gasteiger partial charge in [-0.3, -0.25) is 4.79 Å². The van der Waals surface area contributed by atoms with E-state index in [1.165, 1.54) is 5.56 Å². The maximum absolute atomic E-state index is 12.0. The monoisotopic (exact) mass is 204 g/mol. The minimum atomic E-state index is -0.327. The van der Waals surface area contributed by atoms with Crippen molar-refractivity contribution in [1.82, 2.24) is 0 Å². The van der Waals surface area contributed by atoms with Crippen molar-refractivity contribution in [3.05, 3.63) is 29.3 Å². The summed E-state index contributed by atoms with van der Waals surface area (Å²) < 4.78 is 5.45. The molecule has 0 bridgehead atoms. The zero-order valence-corrected chi connectivity index (χ0v) is 9.46. The molecule has 80 valence electrons. The number of ether oxygens (including phenoxy) is 1. The fourth-order valence-electron chi connectivity index (χ4n) is 1.74. The predicted octanol–water partition coefficient (Wildman–Crippen LogP) is 2.85. The van der Waals surface area contributed by atoms with Gasteiger partial charge in [-0.15, -0.1) is 0 Å². The minimum Gasteiger partial charge on any atom is -0.493 e. The number of carbonyl (C=O) groups excluding carboxylic acids is 1. The highest BCUT2D eigenvalue weighted by Crippen LogP contribution is 2.29. The van der Waals surface area contributed by atoms with Crippen LogP contribution in [0.5, 0.6) is 5.75 Å². The third kappa shape index (κ3) is 1.89. The Balaban J connectivity index is 2.35. The molecule has 1 aromatic carbocycles. The molecule has 0 aliphatic carbocycles. The average Bonchev–Trinajstić information content (AvgIpc) is 2.61. The molecule has 2 rings (SSSR count). The summed E-state index contributed by atoms with van der Waals surface area (Å²) in [4.78, 5) is 12.0. The van der Waals surface area contributed by atoms with Gasteiger partial charge in [0.1, 0.15) is 5.75 Å². The molecule has 0 N–H and O–H groups in total. The van der Waals surface area contributed by atoms with Crippen LogP contribution in [-0.4, -0.2) is 12.4 Å². The van der Waals surface area contributed by atoms with Gasteiger partial charge in [0.25, 0.3) is 0 Å². The van der Waals surface area contributed by atoms with E-state index in [2.05, 4.69) is 0 Å². The third-order valence-corrected chi connectivity index (χ3v) is 2.64. The van der Waals surface area contributed by atoms with E-state index in [1.807, 2.05) is 39.0 Å². The molecule has 0 aromatic heterocycles. The number of ketones is 1. The molecule has 0 saturated carbocycles. The first-order valence-electron chi connectivity index (χ1n) is 5.29. The molecule has 1 aliphatic heterocycles. The molecule has 2 nitrogen and oxygen atoms in total. The summed E-state index contributed by atoms with van der Waals surface area (Å²) in [5.41, 5.74) is 1.64. The highest BCUT2D eigenvalue weighted by atomic mass is 16.5. The van der Waals surface area contributed by atoms with Gasteiger partial charge in [0.2, 0.25) is 0 Å². The first-order chi connectivity index (χ1) is 6.98. The van der Waals surface area contributed by atoms with E-state index in [4.69, 9.17) is 4.74 Å². The van der Waals surface area contributed by atoms with Crippen molar-refractivity contribution in [3.63, 3.8) is 0 Å². The van der Waals surface area contributed by atoms with E-state index >= 15 is 0 Å². The standard InChI is InChI=1S/C13H16O2/c1-13(2,3)12(14)10-5-4-9-6-7-15-11(9)8-10/h4-5,8H,6-7H2,1-3H3. The molecule has 0 atom stereocenters. The van der Waals surface area contributed by atoms with Crippen LogP contribution in [0.4, 0.5) is 0 Å². The van der Waals surface area contributed by atoms with E-state index < -0.39 is 0 Å². The van der Waals surface area contributed by atoms with E-state index in [-0.39, 0.29) is 11.2 Å². The van der Waals surface area contributed by atoms with Gasteiger partial charge in [-0.25, -0.2) is 0 Å². The van der Waals surface area contributed by atoms with Crippen molar-refractivity contribution in [2.75, 3.05) is 6.61 Å². The Morgan fingerprint density at radius 2 is 2.07 bits per heavy atom. The van der Waals surface area contributed by atoms with Gasteiger partial charge in [0.15, 0.2) is 5.78 Å². The lowest BCUT2D eigenvalue weighted by molar-refractivity contribution is 0.0858. The van der Waals surface area contributed by atoms with Crippen LogP contribution < -0.4 is 4.74 Å². The summed E-state index contributed by atoms with van der Waals surface area (Å²) in [7, 11) is 0. The van der Waals surface area contributed by atoms with Gasteiger partial charge < -0.3 is 4.74 Å². The molecule has 1 aromatic rings. The Labute approximate surface area is 90.3 Å². The van der Waals surface area contributed by atoms with Crippen molar-refractivity contribution < 1.29 is 9.53 Å². The lowest BCUT2D eigenvalue weighted by Gasteiger charge is -2.16. The molecule has 0 unspecified atom stereocenters. The van der Waals surface area contributed by atoms with Crippen LogP contribution in [0, 0.1) is 5.41 Å². The smallest absolute Gasteiger partial charge is 0.168 e. The number of benzene rings is 1. The molecule has 0 fully saturated rings. The highest BCUT2D eigenvalue weighted by Gasteiger charge is 2.24. The van der Waals surface area contributed by atoms with Crippen LogP contribution >= 0.6 is 0 Å². The quantitative estimate of drug-likeness (QED) is 0.657. The zero-order chi connectivity index (χ0) is 11.1. The largest absolute Gasteiger partial charge is 0.493 e. The summed E-state index contributed by atoms with van der Waals surface area (Å²) >= 11 is 0. The van der Waals surface area contributed by atoms with Crippen molar-refractivity contribution in [2.24, 2.45) is 5.41 Å². The summed E-state index contributed by atoms with van der Waals surface area (Å²) in [5, 5.41) is 0. The second-order valence-corrected chi connectivity index (χ2v) is 5.00. The second kappa shape index (κ2) is 3.37. The second-order valence-electron chi connectivity index (χ2n) is 5.00. The normalized spacial score (nSPS) is 14.6. The van der Waals surface area contributed by atoms with Crippen LogP contribution in [0.25, 0.3) is 0 Å². The molecule has 1 aliphatic rings. The van der Waals surface area contributed by atoms with E-state index in [0.717, 1.165) is 24.3 Å². The molecule has 0 radical (unpaired) electrons. The number of rotatable bonds is 1. The molecular formula is C13H16O2. The number of Topliss-reactive ketones (excluding diaryl/α,β-unsaturated/α-hetero) is 1. The van der Waals surface area contributed by atoms with Gasteiger partial charge in [-0.1, -0.05) is 32.9 Å². The van der Waals surface area contributed by atoms with E-state index in [9.17, 15) is 4.79 Å². The van der Waals surface area contributed by atoms with Crippen molar-refractivity contribution >= 4 is 5.78 Å². The molecule has 15 heavy (non-hydrogen) atoms. The summed E-state index contributed by atoms with van der Waals surface area (Å²) in [5.74, 6) is 1.05. The Morgan fingerprint density at radius 1 is 1.33 bits per heavy atom. The Hall–Kier alpha value is -1.31. The van der Waals surface area contributed by atoms with Crippen molar-refractivity contribution in [1.29, 1.82) is 0 Å². The Bertz CT molecular complexity index is 399. The molecule has 1 heterocycles. The van der Waals surface area contributed by atoms with Gasteiger partial charge >= 0.3 is 0 Å². The van der Waals surface area contributed by atoms with Crippen LogP contribution in [0.15, 0.2) is 18.2 Å². The van der Waals surface area contributed by atoms with Gasteiger partial charge in [-0.2, -0.15) is 0 Å². The molecule has 0 amide bonds. The van der Waals surface area contributed by atoms with Gasteiger partial charge in [0.05, 0.1) is 6.61 Å². The number of fused-ring (bicyclic) bond motifs is 1. The van der Waals surface area contributed by atoms with E-state index in [1.54, 1.807) is 0 Å². The topological polar surface area (TPSA) is 26.3 Å². The van der Waals surface area contributed by atoms with Crippen molar-refractivity contribution in [3.8, 4) is 5.75 Å². The maximum Gasteiger partial charge on any atom is 0.168 e. The maximum atomic E-state index is 12.0. The third-order valence-electron chi connectivity index (χ3n) is 2.64. The molecular weight excluding hydrogens is 188 g/mol. The highest BCUT2D eigenvalue weighted by molar-refractivity contribution is 6.00. The zero-order valence-electron chi connectivity index (χ0n) is 9.46. The summed E-state index contributed by atoms with van der Waals surface area (Å²) in [6, 6.07) is 5.78. The predicted molar refractivity (Wildman–Crippen MR) is 59.4 cm³/mol. The van der Waals surface area contributed by atoms with Crippen molar-refractivity contribution in [2.45, 2.75) is 27.2 Å². The first-order valence-corrected chi connectivity index (χ1v) is 5.29. The lowest BCUT2D eigenvalue weighted by Crippen LogP contribution is -2.20. The number of hydrogen-bond donors (Lipinski definition) is 0.